The van der Waals surface area contributed by atoms with Gasteiger partial charge in [0.25, 0.3) is 28.9 Å². The number of hydrogen-bond donors (Lipinski definition) is 6. The molecule has 0 unspecified atom stereocenters. The van der Waals surface area contributed by atoms with Crippen molar-refractivity contribution in [2.45, 2.75) is 0 Å². The standard InChI is InChI=1S/C18H11Cl2N5O2S2.C17H9Cl2N3O2S2.C7H7N3.C5H2Cl2OS.N3.Na/c19-10-3-5-28-14(10)17(26)23-12-2-1-9(16-21-8-22-25-16)7-13(12)24-18(27)15-11(20)4-6-29-15;18-10-3-5-25-14(10)16(23)21-12-2-1-9(8-20)7-13(12)22-17(24)15-11(19)4-6-26-15;8-4-5-1-2-6(9)7(10)3-5;6-3-1-2-9-4(3)5(7)8;1-3-2;/h1-7H,8H2,(H,23,26)(H,24,27);1-7H,(H,21,23)(H,22,24);1-3H,9-10H2;1-2H;;/q;;;;-1;+1. The number of carbonyl (C=O) groups is 5. The van der Waals surface area contributed by atoms with Gasteiger partial charge in [-0.15, -0.1) is 61.8 Å². The summed E-state index contributed by atoms with van der Waals surface area (Å²) in [6.07, 6.45) is 0. The van der Waals surface area contributed by atoms with Crippen LogP contribution >= 0.6 is 126 Å². The van der Waals surface area contributed by atoms with E-state index in [9.17, 15) is 24.0 Å². The Labute approximate surface area is 514 Å². The van der Waals surface area contributed by atoms with Gasteiger partial charge in [-0.3, -0.25) is 28.9 Å². The van der Waals surface area contributed by atoms with E-state index in [0.717, 1.165) is 0 Å². The molecule has 4 amide bonds. The van der Waals surface area contributed by atoms with Gasteiger partial charge in [0.05, 0.1) is 82.5 Å². The van der Waals surface area contributed by atoms with E-state index in [-0.39, 0.29) is 48.0 Å². The van der Waals surface area contributed by atoms with Gasteiger partial charge in [0.1, 0.15) is 24.4 Å². The zero-order valence-corrected chi connectivity index (χ0v) is 49.9. The first-order valence-corrected chi connectivity index (χ1v) is 27.3. The molecule has 6 heterocycles. The molecule has 390 valence electrons. The maximum absolute atomic E-state index is 12.7. The fourth-order valence-electron chi connectivity index (χ4n) is 5.72. The van der Waals surface area contributed by atoms with Crippen molar-refractivity contribution in [3.05, 3.63) is 194 Å². The van der Waals surface area contributed by atoms with Crippen LogP contribution in [0.2, 0.25) is 25.1 Å². The molecular weight excluding hydrogens is 1240 g/mol. The molecule has 0 bridgehead atoms. The van der Waals surface area contributed by atoms with E-state index in [0.29, 0.717) is 106 Å². The van der Waals surface area contributed by atoms with Crippen LogP contribution in [-0.4, -0.2) is 41.4 Å². The van der Waals surface area contributed by atoms with E-state index in [4.69, 9.17) is 103 Å². The Bertz CT molecular complexity index is 3670. The first-order chi connectivity index (χ1) is 36.9. The molecule has 9 rings (SSSR count). The number of nitriles is 2. The molecule has 3 aromatic carbocycles. The SMILES string of the molecule is N#Cc1ccc(N)c(N)c1.N#Cc1ccc(NC(=O)c2sccc2Cl)c(NC(=O)c2sccc2Cl)c1.O=C(Cl)c1sccc1Cl.O=C(Nc1ccc(C2=NCN=N2)cc1NC(=O)c1sccc1Cl)c1sccc1Cl.[N-]=[N+]=[N-].[Na+]. The van der Waals surface area contributed by atoms with Crippen LogP contribution in [0.25, 0.3) is 16.0 Å². The zero-order valence-electron chi connectivity index (χ0n) is 39.3. The molecule has 0 aliphatic carbocycles. The summed E-state index contributed by atoms with van der Waals surface area (Å²) in [5, 5.41) is 46.2. The minimum Gasteiger partial charge on any atom is -0.397 e. The van der Waals surface area contributed by atoms with Crippen molar-refractivity contribution in [1.29, 1.82) is 10.5 Å². The molecule has 19 nitrogen and oxygen atoms in total. The van der Waals surface area contributed by atoms with Crippen LogP contribution in [0.3, 0.4) is 0 Å². The number of nitrogens with zero attached hydrogens (tertiary/aromatic N) is 8. The molecule has 8 aromatic rings. The van der Waals surface area contributed by atoms with Gasteiger partial charge in [0.2, 0.25) is 0 Å². The monoisotopic (exact) mass is 1260 g/mol. The van der Waals surface area contributed by atoms with Crippen molar-refractivity contribution in [3.8, 4) is 12.1 Å². The molecule has 1 aliphatic rings. The number of amides is 4. The third kappa shape index (κ3) is 18.4. The Balaban J connectivity index is 0.000000242. The number of nitrogen functional groups attached to an aromatic ring is 2. The van der Waals surface area contributed by atoms with Crippen LogP contribution in [-0.2, 0) is 0 Å². The van der Waals surface area contributed by atoms with Gasteiger partial charge in [0.15, 0.2) is 12.5 Å². The van der Waals surface area contributed by atoms with Gasteiger partial charge in [0, 0.05) is 5.56 Å². The molecular formula is C47H29Cl6N14NaO5S5. The molecule has 78 heavy (non-hydrogen) atoms. The number of nitrogens with one attached hydrogen (secondary N) is 4. The average molecular weight is 1270 g/mol. The predicted octanol–water partition coefficient (Wildman–Crippen LogP) is 12.7. The van der Waals surface area contributed by atoms with Gasteiger partial charge in [-0.05, 0) is 123 Å². The fourth-order valence-corrected chi connectivity index (χ4v) is 11.1. The number of azo groups is 1. The molecule has 5 aromatic heterocycles. The maximum Gasteiger partial charge on any atom is 1.00 e. The summed E-state index contributed by atoms with van der Waals surface area (Å²) in [6.45, 7) is 0.261. The number of amidine groups is 1. The van der Waals surface area contributed by atoms with Gasteiger partial charge >= 0.3 is 29.6 Å². The third-order valence-electron chi connectivity index (χ3n) is 9.17. The molecule has 31 heteroatoms. The van der Waals surface area contributed by atoms with E-state index in [2.05, 4.69) is 36.5 Å². The van der Waals surface area contributed by atoms with Crippen LogP contribution in [0.4, 0.5) is 34.1 Å². The number of rotatable bonds is 10. The number of halogens is 6. The summed E-state index contributed by atoms with van der Waals surface area (Å²) in [5.74, 6) is -1.14. The molecule has 1 aliphatic heterocycles. The summed E-state index contributed by atoms with van der Waals surface area (Å²) in [7, 11) is 0. The Kier molecular flexibility index (Phi) is 26.2. The number of aliphatic imine (C=N–C) groups is 1. The normalized spacial score (nSPS) is 10.4. The van der Waals surface area contributed by atoms with E-state index in [1.165, 1.54) is 67.7 Å². The number of anilines is 6. The van der Waals surface area contributed by atoms with E-state index >= 15 is 0 Å². The molecule has 0 spiro atoms. The summed E-state index contributed by atoms with van der Waals surface area (Å²) in [4.78, 5) is 68.0. The third-order valence-corrected chi connectivity index (χ3v) is 16.2. The number of hydrogen-bond acceptors (Lipinski definition) is 17. The topological polar surface area (TPSA) is 329 Å². The van der Waals surface area contributed by atoms with Gasteiger partial charge in [-0.25, -0.2) is 4.99 Å². The van der Waals surface area contributed by atoms with Crippen LogP contribution in [0.15, 0.2) is 127 Å². The Morgan fingerprint density at radius 2 is 0.885 bits per heavy atom. The summed E-state index contributed by atoms with van der Waals surface area (Å²) in [5.41, 5.74) is 28.2. The number of benzene rings is 3. The largest absolute Gasteiger partial charge is 1.00 e. The van der Waals surface area contributed by atoms with E-state index < -0.39 is 17.1 Å². The minimum atomic E-state index is -0.491. The Hall–Kier alpha value is -6.39. The second kappa shape index (κ2) is 31.9. The summed E-state index contributed by atoms with van der Waals surface area (Å²) in [6, 6.07) is 26.6. The molecule has 0 saturated heterocycles. The van der Waals surface area contributed by atoms with Gasteiger partial charge < -0.3 is 43.8 Å². The van der Waals surface area contributed by atoms with Crippen molar-refractivity contribution in [2.75, 3.05) is 39.4 Å². The number of thiophene rings is 5. The second-order valence-corrected chi connectivity index (χ2v) is 21.1. The van der Waals surface area contributed by atoms with Crippen LogP contribution in [0.5, 0.6) is 0 Å². The fraction of sp³-hybridized carbons (Fsp3) is 0.0213. The van der Waals surface area contributed by atoms with Gasteiger partial charge in [-0.2, -0.15) is 15.6 Å². The van der Waals surface area contributed by atoms with Crippen molar-refractivity contribution in [2.24, 2.45) is 15.2 Å². The molecule has 0 radical (unpaired) electrons. The summed E-state index contributed by atoms with van der Waals surface area (Å²) >= 11 is 40.8. The van der Waals surface area contributed by atoms with Crippen molar-refractivity contribution in [1.82, 2.24) is 0 Å². The van der Waals surface area contributed by atoms with E-state index in [1.54, 1.807) is 106 Å². The number of nitrogens with two attached hydrogens (primary N) is 2. The minimum absolute atomic E-state index is 0. The van der Waals surface area contributed by atoms with Crippen molar-refractivity contribution in [3.63, 3.8) is 0 Å². The smallest absolute Gasteiger partial charge is 0.397 e. The first-order valence-electron chi connectivity index (χ1n) is 20.6. The maximum atomic E-state index is 12.7. The quantitative estimate of drug-likeness (QED) is 0.0189. The first kappa shape index (κ1) is 64.1. The van der Waals surface area contributed by atoms with E-state index in [1.807, 2.05) is 12.1 Å². The van der Waals surface area contributed by atoms with Crippen LogP contribution < -0.4 is 62.3 Å². The number of carbonyl (C=O) groups excluding carboxylic acids is 5. The molecule has 0 atom stereocenters. The van der Waals surface area contributed by atoms with Crippen LogP contribution in [0, 0.1) is 22.7 Å². The van der Waals surface area contributed by atoms with Crippen molar-refractivity contribution >= 4 is 195 Å². The van der Waals surface area contributed by atoms with Crippen molar-refractivity contribution < 1.29 is 53.5 Å². The summed E-state index contributed by atoms with van der Waals surface area (Å²) < 4.78 is 0. The predicted molar refractivity (Wildman–Crippen MR) is 313 cm³/mol. The molecule has 0 fully saturated rings. The second-order valence-electron chi connectivity index (χ2n) is 14.1. The molecule has 0 saturated carbocycles. The molecule has 8 N–H and O–H groups in total. The van der Waals surface area contributed by atoms with Gasteiger partial charge in [-0.1, -0.05) is 58.0 Å². The average Bonchev–Trinajstić information content (AvgIpc) is 4.29. The Morgan fingerprint density at radius 3 is 1.22 bits per heavy atom. The zero-order chi connectivity index (χ0) is 56.2. The Morgan fingerprint density at radius 1 is 0.526 bits per heavy atom. The van der Waals surface area contributed by atoms with Crippen LogP contribution in [0.1, 0.15) is 65.0 Å².